The maximum atomic E-state index is 14.8. The summed E-state index contributed by atoms with van der Waals surface area (Å²) in [5.41, 5.74) is 0.616. The van der Waals surface area contributed by atoms with Crippen molar-refractivity contribution in [2.75, 3.05) is 13.1 Å². The number of hydrogen-bond acceptors (Lipinski definition) is 5. The molecule has 3 atom stereocenters. The summed E-state index contributed by atoms with van der Waals surface area (Å²) < 4.78 is 20.7. The molecule has 232 valence electrons. The first kappa shape index (κ1) is 30.5. The van der Waals surface area contributed by atoms with E-state index in [0.29, 0.717) is 29.6 Å². The number of esters is 2. The number of hydrogen-bond donors (Lipinski definition) is 0. The molecule has 3 aliphatic rings. The summed E-state index contributed by atoms with van der Waals surface area (Å²) in [4.78, 5) is 27.9. The van der Waals surface area contributed by atoms with Crippen LogP contribution in [-0.4, -0.2) is 54.0 Å². The van der Waals surface area contributed by atoms with Crippen molar-refractivity contribution in [3.05, 3.63) is 108 Å². The predicted molar refractivity (Wildman–Crippen MR) is 169 cm³/mol. The Morgan fingerprint density at radius 1 is 0.795 bits per heavy atom. The second-order valence-corrected chi connectivity index (χ2v) is 13.4. The smallest absolute Gasteiger partial charge is 0.348 e. The molecule has 0 amide bonds. The van der Waals surface area contributed by atoms with Gasteiger partial charge < -0.3 is 18.7 Å². The maximum Gasteiger partial charge on any atom is 0.348 e. The second kappa shape index (κ2) is 13.3. The van der Waals surface area contributed by atoms with Crippen molar-refractivity contribution in [1.82, 2.24) is 0 Å². The number of nitrogens with zero attached hydrogens (tertiary/aromatic N) is 1. The van der Waals surface area contributed by atoms with Gasteiger partial charge in [0.05, 0.1) is 25.2 Å². The van der Waals surface area contributed by atoms with E-state index in [1.165, 1.54) is 43.3 Å². The number of quaternary nitrogens is 1. The summed E-state index contributed by atoms with van der Waals surface area (Å²) in [7, 11) is 0. The van der Waals surface area contributed by atoms with Gasteiger partial charge in [0.15, 0.2) is 0 Å². The van der Waals surface area contributed by atoms with Gasteiger partial charge in [0, 0.05) is 51.4 Å². The van der Waals surface area contributed by atoms with Gasteiger partial charge in [-0.25, -0.2) is 4.79 Å². The SMILES string of the molecule is CC(C)CC(=O)OC(Cc1ccccc1)OC(C(=O)OC1CC2CCC(C1)[N+]21CCCC1)(c1ccccc1)c1ccccc1. The van der Waals surface area contributed by atoms with Gasteiger partial charge >= 0.3 is 11.9 Å². The number of carbonyl (C=O) groups excluding carboxylic acids is 2. The Labute approximate surface area is 261 Å². The van der Waals surface area contributed by atoms with Gasteiger partial charge in [-0.3, -0.25) is 4.79 Å². The molecule has 3 saturated heterocycles. The fourth-order valence-electron chi connectivity index (χ4n) is 8.11. The van der Waals surface area contributed by atoms with E-state index in [9.17, 15) is 9.59 Å². The van der Waals surface area contributed by atoms with Gasteiger partial charge in [-0.1, -0.05) is 105 Å². The van der Waals surface area contributed by atoms with Gasteiger partial charge in [0.25, 0.3) is 0 Å². The van der Waals surface area contributed by atoms with Crippen molar-refractivity contribution in [2.24, 2.45) is 5.92 Å². The highest BCUT2D eigenvalue weighted by molar-refractivity contribution is 5.86. The van der Waals surface area contributed by atoms with E-state index in [1.54, 1.807) is 0 Å². The fraction of sp³-hybridized carbons (Fsp3) is 0.474. The summed E-state index contributed by atoms with van der Waals surface area (Å²) >= 11 is 0. The van der Waals surface area contributed by atoms with E-state index >= 15 is 0 Å². The molecule has 1 spiro atoms. The Kier molecular flexibility index (Phi) is 9.20. The van der Waals surface area contributed by atoms with Gasteiger partial charge in [0.2, 0.25) is 11.9 Å². The predicted octanol–water partition coefficient (Wildman–Crippen LogP) is 6.95. The van der Waals surface area contributed by atoms with Crippen molar-refractivity contribution in [3.8, 4) is 0 Å². The summed E-state index contributed by atoms with van der Waals surface area (Å²) in [6.07, 6.45) is 6.17. The third kappa shape index (κ3) is 6.20. The lowest BCUT2D eigenvalue weighted by atomic mass is 9.85. The highest BCUT2D eigenvalue weighted by atomic mass is 16.7. The van der Waals surface area contributed by atoms with Crippen LogP contribution in [0, 0.1) is 5.92 Å². The number of benzene rings is 3. The summed E-state index contributed by atoms with van der Waals surface area (Å²) in [5.74, 6) is -0.680. The minimum absolute atomic E-state index is 0.126. The molecule has 3 fully saturated rings. The van der Waals surface area contributed by atoms with Gasteiger partial charge in [-0.15, -0.1) is 0 Å². The minimum Gasteiger partial charge on any atom is -0.459 e. The van der Waals surface area contributed by atoms with Crippen LogP contribution in [0.3, 0.4) is 0 Å². The highest BCUT2D eigenvalue weighted by Gasteiger charge is 2.57. The van der Waals surface area contributed by atoms with Crippen LogP contribution in [0.4, 0.5) is 0 Å². The molecule has 3 aliphatic heterocycles. The number of carbonyl (C=O) groups is 2. The third-order valence-electron chi connectivity index (χ3n) is 10.1. The van der Waals surface area contributed by atoms with E-state index in [-0.39, 0.29) is 24.4 Å². The van der Waals surface area contributed by atoms with Crippen molar-refractivity contribution < 1.29 is 28.3 Å². The Bertz CT molecular complexity index is 1330. The highest BCUT2D eigenvalue weighted by Crippen LogP contribution is 2.47. The van der Waals surface area contributed by atoms with Gasteiger partial charge in [0.1, 0.15) is 6.10 Å². The summed E-state index contributed by atoms with van der Waals surface area (Å²) in [5, 5.41) is 0. The molecular formula is C38H46NO5+. The van der Waals surface area contributed by atoms with Crippen LogP contribution >= 0.6 is 0 Å². The Balaban J connectivity index is 1.36. The van der Waals surface area contributed by atoms with Crippen LogP contribution in [0.5, 0.6) is 0 Å². The van der Waals surface area contributed by atoms with Crippen LogP contribution in [0.1, 0.15) is 75.5 Å². The minimum atomic E-state index is -1.63. The topological polar surface area (TPSA) is 61.8 Å². The lowest BCUT2D eigenvalue weighted by Crippen LogP contribution is -2.60. The van der Waals surface area contributed by atoms with Crippen molar-refractivity contribution in [3.63, 3.8) is 0 Å². The molecule has 6 heteroatoms. The zero-order valence-corrected chi connectivity index (χ0v) is 26.1. The van der Waals surface area contributed by atoms with Crippen LogP contribution in [0.15, 0.2) is 91.0 Å². The normalized spacial score (nSPS) is 23.0. The Morgan fingerprint density at radius 2 is 1.32 bits per heavy atom. The lowest BCUT2D eigenvalue weighted by Gasteiger charge is -2.47. The molecule has 3 unspecified atom stereocenters. The zero-order chi connectivity index (χ0) is 30.6. The molecule has 0 aliphatic carbocycles. The van der Waals surface area contributed by atoms with Crippen molar-refractivity contribution >= 4 is 11.9 Å². The van der Waals surface area contributed by atoms with Crippen LogP contribution in [0.25, 0.3) is 0 Å². The Morgan fingerprint density at radius 3 is 1.84 bits per heavy atom. The fourth-order valence-corrected chi connectivity index (χ4v) is 8.11. The first-order chi connectivity index (χ1) is 21.4. The third-order valence-corrected chi connectivity index (χ3v) is 10.1. The van der Waals surface area contributed by atoms with E-state index < -0.39 is 17.9 Å². The molecule has 44 heavy (non-hydrogen) atoms. The lowest BCUT2D eigenvalue weighted by molar-refractivity contribution is -0.956. The average molecular weight is 597 g/mol. The number of piperidine rings is 1. The van der Waals surface area contributed by atoms with E-state index in [2.05, 4.69) is 0 Å². The molecule has 3 aromatic carbocycles. The summed E-state index contributed by atoms with van der Waals surface area (Å²) in [6, 6.07) is 30.0. The Hall–Kier alpha value is -3.48. The van der Waals surface area contributed by atoms with E-state index in [0.717, 1.165) is 18.4 Å². The molecule has 2 bridgehead atoms. The molecule has 6 nitrogen and oxygen atoms in total. The van der Waals surface area contributed by atoms with Gasteiger partial charge in [-0.2, -0.15) is 0 Å². The van der Waals surface area contributed by atoms with Crippen molar-refractivity contribution in [1.29, 1.82) is 0 Å². The van der Waals surface area contributed by atoms with Crippen LogP contribution in [-0.2, 0) is 35.8 Å². The molecule has 0 aromatic heterocycles. The van der Waals surface area contributed by atoms with E-state index in [1.807, 2.05) is 105 Å². The zero-order valence-electron chi connectivity index (χ0n) is 26.1. The van der Waals surface area contributed by atoms with E-state index in [4.69, 9.17) is 14.2 Å². The first-order valence-corrected chi connectivity index (χ1v) is 16.5. The molecular weight excluding hydrogens is 550 g/mol. The first-order valence-electron chi connectivity index (χ1n) is 16.5. The molecule has 0 N–H and O–H groups in total. The second-order valence-electron chi connectivity index (χ2n) is 13.4. The standard InChI is InChI=1S/C38H46NO5/c1-28(2)24-35(40)43-36(25-29-14-6-3-7-15-29)44-38(30-16-8-4-9-17-30,31-18-10-5-11-19-31)37(41)42-34-26-32-20-21-33(27-34)39(32)22-12-13-23-39/h3-11,14-19,28,32-34,36H,12-13,20-27H2,1-2H3/q+1. The maximum absolute atomic E-state index is 14.8. The number of ether oxygens (including phenoxy) is 3. The van der Waals surface area contributed by atoms with Crippen LogP contribution < -0.4 is 0 Å². The molecule has 3 aromatic rings. The quantitative estimate of drug-likeness (QED) is 0.136. The molecule has 6 rings (SSSR count). The molecule has 0 radical (unpaired) electrons. The average Bonchev–Trinajstić information content (AvgIpc) is 3.57. The summed E-state index contributed by atoms with van der Waals surface area (Å²) in [6.45, 7) is 6.49. The molecule has 0 saturated carbocycles. The number of rotatable bonds is 11. The van der Waals surface area contributed by atoms with Crippen LogP contribution in [0.2, 0.25) is 0 Å². The largest absolute Gasteiger partial charge is 0.459 e. The molecule has 3 heterocycles. The van der Waals surface area contributed by atoms with Crippen molar-refractivity contribution in [2.45, 2.75) is 95.3 Å². The van der Waals surface area contributed by atoms with Gasteiger partial charge in [-0.05, 0) is 22.6 Å². The monoisotopic (exact) mass is 596 g/mol.